The van der Waals surface area contributed by atoms with E-state index >= 15 is 0 Å². The number of nitrogens with zero attached hydrogens (tertiary/aromatic N) is 4. The van der Waals surface area contributed by atoms with Crippen LogP contribution in [0.4, 0.5) is 4.79 Å². The van der Waals surface area contributed by atoms with Crippen LogP contribution < -0.4 is 5.32 Å². The summed E-state index contributed by atoms with van der Waals surface area (Å²) in [4.78, 5) is 18.7. The van der Waals surface area contributed by atoms with Gasteiger partial charge in [-0.15, -0.1) is 0 Å². The summed E-state index contributed by atoms with van der Waals surface area (Å²) in [5.41, 5.74) is 0.891. The molecule has 1 aliphatic rings. The molecular formula is C18H25N5O2. The van der Waals surface area contributed by atoms with Crippen molar-refractivity contribution in [1.82, 2.24) is 25.0 Å². The van der Waals surface area contributed by atoms with Gasteiger partial charge in [-0.1, -0.05) is 13.0 Å². The monoisotopic (exact) mass is 343 g/mol. The van der Waals surface area contributed by atoms with Gasteiger partial charge in [0, 0.05) is 50.4 Å². The zero-order valence-electron chi connectivity index (χ0n) is 14.6. The third-order valence-corrected chi connectivity index (χ3v) is 5.22. The van der Waals surface area contributed by atoms with Crippen molar-refractivity contribution < 1.29 is 9.90 Å². The Morgan fingerprint density at radius 2 is 2.12 bits per heavy atom. The molecule has 7 heteroatoms. The lowest BCUT2D eigenvalue weighted by atomic mass is 9.77. The van der Waals surface area contributed by atoms with E-state index in [0.29, 0.717) is 19.6 Å². The molecule has 2 N–H and O–H groups in total. The van der Waals surface area contributed by atoms with Gasteiger partial charge < -0.3 is 15.3 Å². The van der Waals surface area contributed by atoms with E-state index in [1.54, 1.807) is 17.1 Å². The number of rotatable bonds is 5. The number of nitrogens with one attached hydrogen (secondary N) is 1. The second kappa shape index (κ2) is 7.65. The molecule has 2 aromatic rings. The number of amides is 2. The molecule has 7 nitrogen and oxygen atoms in total. The zero-order chi connectivity index (χ0) is 17.7. The van der Waals surface area contributed by atoms with E-state index in [0.717, 1.165) is 30.6 Å². The predicted molar refractivity (Wildman–Crippen MR) is 94.2 cm³/mol. The van der Waals surface area contributed by atoms with E-state index < -0.39 is 0 Å². The van der Waals surface area contributed by atoms with Gasteiger partial charge in [-0.25, -0.2) is 14.5 Å². The lowest BCUT2D eigenvalue weighted by Crippen LogP contribution is -2.48. The molecule has 134 valence electrons. The molecule has 0 unspecified atom stereocenters. The van der Waals surface area contributed by atoms with Crippen LogP contribution in [0.15, 0.2) is 36.8 Å². The van der Waals surface area contributed by atoms with Crippen LogP contribution >= 0.6 is 0 Å². The standard InChI is InChI=1S/C18H25N5O2/c1-2-18(14-24)6-11-22(12-7-18)17(25)20-13-15-5-3-8-19-16(15)23-10-4-9-21-23/h3-5,8-10,24H,2,6-7,11-14H2,1H3,(H,20,25). The maximum Gasteiger partial charge on any atom is 0.317 e. The lowest BCUT2D eigenvalue weighted by Gasteiger charge is -2.40. The van der Waals surface area contributed by atoms with Gasteiger partial charge in [-0.3, -0.25) is 0 Å². The van der Waals surface area contributed by atoms with Gasteiger partial charge in [-0.05, 0) is 36.8 Å². The average molecular weight is 343 g/mol. The minimum atomic E-state index is -0.0714. The minimum absolute atomic E-state index is 0.0204. The van der Waals surface area contributed by atoms with Crippen molar-refractivity contribution in [3.63, 3.8) is 0 Å². The Morgan fingerprint density at radius 3 is 2.76 bits per heavy atom. The number of aromatic nitrogens is 3. The highest BCUT2D eigenvalue weighted by atomic mass is 16.3. The van der Waals surface area contributed by atoms with E-state index in [1.807, 2.05) is 29.3 Å². The van der Waals surface area contributed by atoms with Gasteiger partial charge in [0.05, 0.1) is 0 Å². The Morgan fingerprint density at radius 1 is 1.32 bits per heavy atom. The Bertz CT molecular complexity index is 687. The minimum Gasteiger partial charge on any atom is -0.396 e. The average Bonchev–Trinajstić information content (AvgIpc) is 3.21. The third-order valence-electron chi connectivity index (χ3n) is 5.22. The number of carbonyl (C=O) groups is 1. The van der Waals surface area contributed by atoms with Crippen LogP contribution in [0, 0.1) is 5.41 Å². The van der Waals surface area contributed by atoms with Crippen molar-refractivity contribution in [3.8, 4) is 5.82 Å². The predicted octanol–water partition coefficient (Wildman–Crippen LogP) is 1.96. The van der Waals surface area contributed by atoms with Crippen LogP contribution in [0.25, 0.3) is 5.82 Å². The van der Waals surface area contributed by atoms with Gasteiger partial charge in [0.25, 0.3) is 0 Å². The van der Waals surface area contributed by atoms with Crippen molar-refractivity contribution in [3.05, 3.63) is 42.4 Å². The van der Waals surface area contributed by atoms with Gasteiger partial charge >= 0.3 is 6.03 Å². The summed E-state index contributed by atoms with van der Waals surface area (Å²) >= 11 is 0. The highest BCUT2D eigenvalue weighted by Gasteiger charge is 2.33. The fourth-order valence-corrected chi connectivity index (χ4v) is 3.26. The number of hydrogen-bond acceptors (Lipinski definition) is 4. The fourth-order valence-electron chi connectivity index (χ4n) is 3.26. The smallest absolute Gasteiger partial charge is 0.317 e. The molecule has 2 aromatic heterocycles. The molecule has 0 spiro atoms. The van der Waals surface area contributed by atoms with E-state index in [-0.39, 0.29) is 18.1 Å². The molecule has 3 heterocycles. The zero-order valence-corrected chi connectivity index (χ0v) is 14.6. The Hall–Kier alpha value is -2.41. The summed E-state index contributed by atoms with van der Waals surface area (Å²) in [5.74, 6) is 0.719. The number of pyridine rings is 1. The van der Waals surface area contributed by atoms with Gasteiger partial charge in [0.2, 0.25) is 0 Å². The van der Waals surface area contributed by atoms with E-state index in [2.05, 4.69) is 22.3 Å². The molecule has 25 heavy (non-hydrogen) atoms. The van der Waals surface area contributed by atoms with Crippen LogP contribution in [0.3, 0.4) is 0 Å². The van der Waals surface area contributed by atoms with Crippen molar-refractivity contribution in [2.24, 2.45) is 5.41 Å². The van der Waals surface area contributed by atoms with Gasteiger partial charge in [0.1, 0.15) is 0 Å². The Balaban J connectivity index is 1.59. The van der Waals surface area contributed by atoms with Crippen molar-refractivity contribution >= 4 is 6.03 Å². The van der Waals surface area contributed by atoms with E-state index in [4.69, 9.17) is 0 Å². The topological polar surface area (TPSA) is 83.3 Å². The normalized spacial score (nSPS) is 16.6. The molecule has 1 saturated heterocycles. The second-order valence-corrected chi connectivity index (χ2v) is 6.59. The largest absolute Gasteiger partial charge is 0.396 e. The summed E-state index contributed by atoms with van der Waals surface area (Å²) in [6, 6.07) is 5.56. The second-order valence-electron chi connectivity index (χ2n) is 6.59. The van der Waals surface area contributed by atoms with Crippen LogP contribution in [0.5, 0.6) is 0 Å². The Labute approximate surface area is 147 Å². The molecule has 1 fully saturated rings. The van der Waals surface area contributed by atoms with E-state index in [1.165, 1.54) is 0 Å². The number of aliphatic hydroxyl groups excluding tert-OH is 1. The first-order valence-electron chi connectivity index (χ1n) is 8.75. The van der Waals surface area contributed by atoms with Crippen LogP contribution in [0.1, 0.15) is 31.7 Å². The molecule has 0 atom stereocenters. The van der Waals surface area contributed by atoms with Crippen LogP contribution in [0.2, 0.25) is 0 Å². The number of likely N-dealkylation sites (tertiary alicyclic amines) is 1. The number of piperidine rings is 1. The molecule has 0 radical (unpaired) electrons. The van der Waals surface area contributed by atoms with Crippen molar-refractivity contribution in [2.45, 2.75) is 32.7 Å². The summed E-state index contributed by atoms with van der Waals surface area (Å²) in [6.07, 6.45) is 7.88. The number of urea groups is 1. The first kappa shape index (κ1) is 17.4. The molecule has 3 rings (SSSR count). The fraction of sp³-hybridized carbons (Fsp3) is 0.500. The number of hydrogen-bond donors (Lipinski definition) is 2. The first-order valence-corrected chi connectivity index (χ1v) is 8.75. The first-order chi connectivity index (χ1) is 12.2. The molecule has 0 aliphatic carbocycles. The van der Waals surface area contributed by atoms with Crippen LogP contribution in [-0.4, -0.2) is 50.5 Å². The molecule has 0 aromatic carbocycles. The van der Waals surface area contributed by atoms with Crippen LogP contribution in [-0.2, 0) is 6.54 Å². The van der Waals surface area contributed by atoms with Crippen molar-refractivity contribution in [2.75, 3.05) is 19.7 Å². The molecule has 0 bridgehead atoms. The summed E-state index contributed by atoms with van der Waals surface area (Å²) in [6.45, 7) is 4.06. The van der Waals surface area contributed by atoms with Crippen molar-refractivity contribution in [1.29, 1.82) is 0 Å². The van der Waals surface area contributed by atoms with Gasteiger partial charge in [-0.2, -0.15) is 5.10 Å². The molecule has 1 aliphatic heterocycles. The SMILES string of the molecule is CCC1(CO)CCN(C(=O)NCc2cccnc2-n2cccn2)CC1. The highest BCUT2D eigenvalue weighted by molar-refractivity contribution is 5.74. The molecule has 0 saturated carbocycles. The van der Waals surface area contributed by atoms with Gasteiger partial charge in [0.15, 0.2) is 5.82 Å². The number of carbonyl (C=O) groups excluding carboxylic acids is 1. The summed E-state index contributed by atoms with van der Waals surface area (Å²) in [7, 11) is 0. The summed E-state index contributed by atoms with van der Waals surface area (Å²) < 4.78 is 1.69. The lowest BCUT2D eigenvalue weighted by molar-refractivity contribution is 0.0519. The number of aliphatic hydroxyl groups is 1. The van der Waals surface area contributed by atoms with E-state index in [9.17, 15) is 9.90 Å². The maximum absolute atomic E-state index is 12.5. The molecular weight excluding hydrogens is 318 g/mol. The maximum atomic E-state index is 12.5. The summed E-state index contributed by atoms with van der Waals surface area (Å²) in [5, 5.41) is 16.8. The quantitative estimate of drug-likeness (QED) is 0.869. The molecule has 2 amide bonds. The Kier molecular flexibility index (Phi) is 5.33. The highest BCUT2D eigenvalue weighted by Crippen LogP contribution is 2.34. The third kappa shape index (κ3) is 3.82.